The summed E-state index contributed by atoms with van der Waals surface area (Å²) in [5.74, 6) is 2.50. The molecule has 2 aromatic carbocycles. The zero-order chi connectivity index (χ0) is 20.7. The van der Waals surface area contributed by atoms with Crippen LogP contribution in [0.4, 0.5) is 4.79 Å². The molecule has 0 radical (unpaired) electrons. The minimum atomic E-state index is 0.137. The lowest BCUT2D eigenvalue weighted by molar-refractivity contribution is 0.129. The molecule has 3 heterocycles. The van der Waals surface area contributed by atoms with E-state index in [0.717, 1.165) is 65.2 Å². The van der Waals surface area contributed by atoms with Crippen LogP contribution in [0, 0.1) is 12.8 Å². The standard InChI is InChI=1S/C24H28N4O2/c1-16-7-9-27(10-8-16)24(29)28-11-12-30-23-6-4-18(13-20(23)15-28)19-3-5-21-22(14-19)26-17(2)25-21/h3-6,13-14,16H,7-12,15H2,1-2H3,(H,25,26). The Hall–Kier alpha value is -3.02. The van der Waals surface area contributed by atoms with E-state index in [0.29, 0.717) is 25.6 Å². The Labute approximate surface area is 176 Å². The molecule has 0 aliphatic carbocycles. The van der Waals surface area contributed by atoms with Crippen LogP contribution in [0.2, 0.25) is 0 Å². The van der Waals surface area contributed by atoms with Gasteiger partial charge in [-0.2, -0.15) is 0 Å². The zero-order valence-corrected chi connectivity index (χ0v) is 17.6. The number of imidazole rings is 1. The minimum absolute atomic E-state index is 0.137. The number of rotatable bonds is 1. The Morgan fingerprint density at radius 2 is 1.83 bits per heavy atom. The normalized spacial score (nSPS) is 17.5. The highest BCUT2D eigenvalue weighted by Crippen LogP contribution is 2.31. The lowest BCUT2D eigenvalue weighted by atomic mass is 9.99. The van der Waals surface area contributed by atoms with E-state index < -0.39 is 0 Å². The Morgan fingerprint density at radius 1 is 1.07 bits per heavy atom. The number of aromatic amines is 1. The number of hydrogen-bond donors (Lipinski definition) is 1. The molecular formula is C24H28N4O2. The van der Waals surface area contributed by atoms with E-state index in [9.17, 15) is 4.79 Å². The molecule has 0 atom stereocenters. The molecule has 1 aromatic heterocycles. The van der Waals surface area contributed by atoms with Crippen molar-refractivity contribution in [2.45, 2.75) is 33.2 Å². The first-order valence-electron chi connectivity index (χ1n) is 10.8. The monoisotopic (exact) mass is 404 g/mol. The van der Waals surface area contributed by atoms with Crippen LogP contribution >= 0.6 is 0 Å². The number of amides is 2. The number of urea groups is 1. The van der Waals surface area contributed by atoms with Gasteiger partial charge in [0.25, 0.3) is 0 Å². The van der Waals surface area contributed by atoms with Gasteiger partial charge in [-0.05, 0) is 61.1 Å². The van der Waals surface area contributed by atoms with E-state index in [1.165, 1.54) is 0 Å². The molecule has 0 spiro atoms. The van der Waals surface area contributed by atoms with Crippen molar-refractivity contribution in [1.29, 1.82) is 0 Å². The first-order chi connectivity index (χ1) is 14.6. The van der Waals surface area contributed by atoms with Gasteiger partial charge in [-0.1, -0.05) is 19.1 Å². The fraction of sp³-hybridized carbons (Fsp3) is 0.417. The smallest absolute Gasteiger partial charge is 0.320 e. The maximum atomic E-state index is 13.1. The predicted molar refractivity (Wildman–Crippen MR) is 118 cm³/mol. The number of benzene rings is 2. The van der Waals surface area contributed by atoms with Crippen LogP contribution in [0.1, 0.15) is 31.2 Å². The highest BCUT2D eigenvalue weighted by molar-refractivity contribution is 5.82. The second-order valence-corrected chi connectivity index (χ2v) is 8.60. The number of aromatic nitrogens is 2. The van der Waals surface area contributed by atoms with Gasteiger partial charge in [0.1, 0.15) is 18.2 Å². The van der Waals surface area contributed by atoms with E-state index >= 15 is 0 Å². The summed E-state index contributed by atoms with van der Waals surface area (Å²) in [6.45, 7) is 7.67. The van der Waals surface area contributed by atoms with Crippen LogP contribution in [0.5, 0.6) is 5.75 Å². The van der Waals surface area contributed by atoms with Gasteiger partial charge < -0.3 is 19.5 Å². The summed E-state index contributed by atoms with van der Waals surface area (Å²) in [5, 5.41) is 0. The van der Waals surface area contributed by atoms with Crippen LogP contribution in [0.3, 0.4) is 0 Å². The third-order valence-electron chi connectivity index (χ3n) is 6.30. The Bertz CT molecular complexity index is 1080. The summed E-state index contributed by atoms with van der Waals surface area (Å²) < 4.78 is 5.97. The first-order valence-corrected chi connectivity index (χ1v) is 10.8. The molecule has 3 aromatic rings. The van der Waals surface area contributed by atoms with E-state index in [-0.39, 0.29) is 6.03 Å². The number of hydrogen-bond acceptors (Lipinski definition) is 3. The predicted octanol–water partition coefficient (Wildman–Crippen LogP) is 4.58. The summed E-state index contributed by atoms with van der Waals surface area (Å²) in [6, 6.07) is 12.7. The molecule has 1 saturated heterocycles. The number of carbonyl (C=O) groups is 1. The molecule has 1 N–H and O–H groups in total. The van der Waals surface area contributed by atoms with Crippen molar-refractivity contribution in [2.24, 2.45) is 5.92 Å². The quantitative estimate of drug-likeness (QED) is 0.646. The van der Waals surface area contributed by atoms with Crippen molar-refractivity contribution in [2.75, 3.05) is 26.2 Å². The zero-order valence-electron chi connectivity index (χ0n) is 17.6. The van der Waals surface area contributed by atoms with Gasteiger partial charge in [-0.25, -0.2) is 9.78 Å². The van der Waals surface area contributed by atoms with Crippen LogP contribution < -0.4 is 4.74 Å². The van der Waals surface area contributed by atoms with Gasteiger partial charge >= 0.3 is 6.03 Å². The lowest BCUT2D eigenvalue weighted by Crippen LogP contribution is -2.46. The number of ether oxygens (including phenoxy) is 1. The van der Waals surface area contributed by atoms with Crippen molar-refractivity contribution >= 4 is 17.1 Å². The van der Waals surface area contributed by atoms with Crippen LogP contribution in [-0.2, 0) is 6.54 Å². The van der Waals surface area contributed by atoms with Crippen LogP contribution in [-0.4, -0.2) is 52.0 Å². The number of H-pyrrole nitrogens is 1. The van der Waals surface area contributed by atoms with Gasteiger partial charge in [-0.15, -0.1) is 0 Å². The second kappa shape index (κ2) is 7.67. The van der Waals surface area contributed by atoms with Crippen molar-refractivity contribution in [1.82, 2.24) is 19.8 Å². The van der Waals surface area contributed by atoms with E-state index in [1.807, 2.05) is 28.9 Å². The molecule has 2 amide bonds. The summed E-state index contributed by atoms with van der Waals surface area (Å²) in [6.07, 6.45) is 2.18. The molecule has 156 valence electrons. The number of fused-ring (bicyclic) bond motifs is 2. The molecule has 6 heteroatoms. The van der Waals surface area contributed by atoms with Gasteiger partial charge in [0, 0.05) is 18.7 Å². The van der Waals surface area contributed by atoms with Gasteiger partial charge in [0.05, 0.1) is 24.1 Å². The molecule has 0 saturated carbocycles. The Kier molecular flexibility index (Phi) is 4.85. The van der Waals surface area contributed by atoms with Crippen LogP contribution in [0.25, 0.3) is 22.2 Å². The third-order valence-corrected chi connectivity index (χ3v) is 6.30. The van der Waals surface area contributed by atoms with E-state index in [4.69, 9.17) is 4.74 Å². The SMILES string of the molecule is Cc1nc2ccc(-c3ccc4c(c3)CN(C(=O)N3CCC(C)CC3)CCO4)cc2[nH]1. The number of nitrogens with one attached hydrogen (secondary N) is 1. The molecule has 0 unspecified atom stereocenters. The first kappa shape index (κ1) is 19.0. The third kappa shape index (κ3) is 3.62. The average molecular weight is 405 g/mol. The van der Waals surface area contributed by atoms with Gasteiger partial charge in [-0.3, -0.25) is 0 Å². The highest BCUT2D eigenvalue weighted by atomic mass is 16.5. The average Bonchev–Trinajstić information content (AvgIpc) is 2.99. The summed E-state index contributed by atoms with van der Waals surface area (Å²) in [5.41, 5.74) is 5.31. The van der Waals surface area contributed by atoms with Crippen molar-refractivity contribution in [3.8, 4) is 16.9 Å². The minimum Gasteiger partial charge on any atom is -0.491 e. The topological polar surface area (TPSA) is 61.5 Å². The lowest BCUT2D eigenvalue weighted by Gasteiger charge is -2.34. The molecule has 2 aliphatic heterocycles. The number of aryl methyl sites for hydroxylation is 1. The maximum Gasteiger partial charge on any atom is 0.320 e. The Morgan fingerprint density at radius 3 is 2.67 bits per heavy atom. The summed E-state index contributed by atoms with van der Waals surface area (Å²) in [4.78, 5) is 24.8. The largest absolute Gasteiger partial charge is 0.491 e. The van der Waals surface area contributed by atoms with E-state index in [2.05, 4.69) is 41.2 Å². The van der Waals surface area contributed by atoms with Crippen molar-refractivity contribution in [3.63, 3.8) is 0 Å². The number of carbonyl (C=O) groups excluding carboxylic acids is 1. The molecule has 2 aliphatic rings. The van der Waals surface area contributed by atoms with Crippen LogP contribution in [0.15, 0.2) is 36.4 Å². The Balaban J connectivity index is 1.40. The molecule has 1 fully saturated rings. The van der Waals surface area contributed by atoms with E-state index in [1.54, 1.807) is 0 Å². The molecule has 5 rings (SSSR count). The van der Waals surface area contributed by atoms with Gasteiger partial charge in [0.15, 0.2) is 0 Å². The molecule has 30 heavy (non-hydrogen) atoms. The fourth-order valence-electron chi connectivity index (χ4n) is 4.45. The van der Waals surface area contributed by atoms with Crippen molar-refractivity contribution < 1.29 is 9.53 Å². The molecular weight excluding hydrogens is 376 g/mol. The van der Waals surface area contributed by atoms with Crippen molar-refractivity contribution in [3.05, 3.63) is 47.8 Å². The molecule has 0 bridgehead atoms. The molecule has 6 nitrogen and oxygen atoms in total. The highest BCUT2D eigenvalue weighted by Gasteiger charge is 2.27. The number of likely N-dealkylation sites (tertiary alicyclic amines) is 1. The summed E-state index contributed by atoms with van der Waals surface area (Å²) >= 11 is 0. The number of piperidine rings is 1. The summed E-state index contributed by atoms with van der Waals surface area (Å²) in [7, 11) is 0. The van der Waals surface area contributed by atoms with Gasteiger partial charge in [0.2, 0.25) is 0 Å². The second-order valence-electron chi connectivity index (χ2n) is 8.60. The fourth-order valence-corrected chi connectivity index (χ4v) is 4.45. The number of nitrogens with zero attached hydrogens (tertiary/aromatic N) is 3. The maximum absolute atomic E-state index is 13.1.